The molecule has 2 heterocycles. The highest BCUT2D eigenvalue weighted by Crippen LogP contribution is 2.18. The number of nitrogens with zero attached hydrogens (tertiary/aromatic N) is 1. The lowest BCUT2D eigenvalue weighted by molar-refractivity contribution is 0.0512. The van der Waals surface area contributed by atoms with Crippen LogP contribution >= 0.6 is 0 Å². The highest BCUT2D eigenvalue weighted by atomic mass is 19.1. The number of carbonyl (C=O) groups is 2. The minimum atomic E-state index is -0.637. The molecule has 0 spiro atoms. The van der Waals surface area contributed by atoms with Crippen LogP contribution in [0.25, 0.3) is 0 Å². The first-order chi connectivity index (χ1) is 12.5. The molecule has 2 N–H and O–H groups in total. The molecule has 0 saturated heterocycles. The number of pyridine rings is 1. The van der Waals surface area contributed by atoms with Crippen LogP contribution in [-0.2, 0) is 11.3 Å². The van der Waals surface area contributed by atoms with Crippen molar-refractivity contribution >= 4 is 17.6 Å². The third-order valence-electron chi connectivity index (χ3n) is 3.74. The Bertz CT molecular complexity index is 936. The number of halogens is 1. The number of aromatic nitrogens is 1. The van der Waals surface area contributed by atoms with Crippen LogP contribution < -0.4 is 16.4 Å². The number of amides is 1. The highest BCUT2D eigenvalue weighted by molar-refractivity contribution is 5.98. The maximum Gasteiger partial charge on any atom is 0.340 e. The Balaban J connectivity index is 1.95. The van der Waals surface area contributed by atoms with Gasteiger partial charge in [0.15, 0.2) is 0 Å². The van der Waals surface area contributed by atoms with E-state index in [0.717, 1.165) is 12.1 Å². The molecule has 2 aromatic rings. The number of hydrazine groups is 1. The molecule has 26 heavy (non-hydrogen) atoms. The number of carbonyl (C=O) groups excluding carboxylic acids is 2. The molecule has 7 nitrogen and oxygen atoms in total. The first kappa shape index (κ1) is 17.4. The molecular weight excluding hydrogens is 341 g/mol. The average molecular weight is 357 g/mol. The first-order valence-corrected chi connectivity index (χ1v) is 7.93. The fourth-order valence-corrected chi connectivity index (χ4v) is 2.41. The van der Waals surface area contributed by atoms with E-state index >= 15 is 0 Å². The molecule has 8 heteroatoms. The lowest BCUT2D eigenvalue weighted by atomic mass is 10.2. The number of rotatable bonds is 0. The zero-order chi connectivity index (χ0) is 18.5. The molecule has 1 aromatic heterocycles. The van der Waals surface area contributed by atoms with Crippen LogP contribution in [0.15, 0.2) is 53.5 Å². The van der Waals surface area contributed by atoms with E-state index in [-0.39, 0.29) is 35.5 Å². The van der Waals surface area contributed by atoms with Gasteiger partial charge in [-0.15, -0.1) is 0 Å². The molecule has 0 aliphatic carbocycles. The number of hydrogen-bond donors (Lipinski definition) is 2. The second-order valence-electron chi connectivity index (χ2n) is 5.57. The number of anilines is 1. The third kappa shape index (κ3) is 3.97. The lowest BCUT2D eigenvalue weighted by Crippen LogP contribution is -2.31. The number of fused-ring (bicyclic) bond motifs is 3. The summed E-state index contributed by atoms with van der Waals surface area (Å²) in [6.45, 7) is 0.417. The Kier molecular flexibility index (Phi) is 5.12. The van der Waals surface area contributed by atoms with Gasteiger partial charge in [-0.1, -0.05) is 12.2 Å². The standard InChI is InChI=1S/C18H16FN3O4/c19-13-5-6-14-15(10-13)20-21-17(24)12-4-7-16(23)22(11-12)8-2-1-3-9-26-18(14)25/h1-2,4-7,10-11,20H,3,8-9H2,(H,21,24)/b2-1+. The Morgan fingerprint density at radius 2 is 1.88 bits per heavy atom. The van der Waals surface area contributed by atoms with Crippen LogP contribution in [0, 0.1) is 5.82 Å². The average Bonchev–Trinajstić information content (AvgIpc) is 2.63. The van der Waals surface area contributed by atoms with Crippen LogP contribution in [0.5, 0.6) is 0 Å². The van der Waals surface area contributed by atoms with Gasteiger partial charge < -0.3 is 9.30 Å². The van der Waals surface area contributed by atoms with Gasteiger partial charge in [0.25, 0.3) is 11.5 Å². The molecular formula is C18H16FN3O4. The second-order valence-corrected chi connectivity index (χ2v) is 5.57. The Morgan fingerprint density at radius 1 is 1.04 bits per heavy atom. The Hall–Kier alpha value is -3.42. The minimum Gasteiger partial charge on any atom is -0.462 e. The summed E-state index contributed by atoms with van der Waals surface area (Å²) in [5, 5.41) is 0. The van der Waals surface area contributed by atoms with Crippen LogP contribution in [0.2, 0.25) is 0 Å². The monoisotopic (exact) mass is 357 g/mol. The van der Waals surface area contributed by atoms with E-state index in [4.69, 9.17) is 4.74 Å². The van der Waals surface area contributed by atoms with Crippen LogP contribution in [0.3, 0.4) is 0 Å². The smallest absolute Gasteiger partial charge is 0.340 e. The minimum absolute atomic E-state index is 0.0714. The van der Waals surface area contributed by atoms with Gasteiger partial charge in [-0.05, 0) is 30.7 Å². The SMILES string of the molecule is O=C1NNc2cc(F)ccc2C(=O)OCC/C=C/Cn2cc1ccc2=O. The number of hydrogen-bond acceptors (Lipinski definition) is 5. The molecule has 1 aliphatic rings. The van der Waals surface area contributed by atoms with Crippen LogP contribution in [0.1, 0.15) is 27.1 Å². The molecule has 1 aromatic carbocycles. The molecule has 0 saturated carbocycles. The van der Waals surface area contributed by atoms with Gasteiger partial charge in [-0.3, -0.25) is 20.4 Å². The van der Waals surface area contributed by atoms with Gasteiger partial charge in [0, 0.05) is 18.8 Å². The Labute approximate surface area is 148 Å². The fourth-order valence-electron chi connectivity index (χ4n) is 2.41. The van der Waals surface area contributed by atoms with Gasteiger partial charge in [0.1, 0.15) is 5.82 Å². The van der Waals surface area contributed by atoms with Gasteiger partial charge >= 0.3 is 5.97 Å². The number of cyclic esters (lactones) is 1. The van der Waals surface area contributed by atoms with Crippen LogP contribution in [-0.4, -0.2) is 23.1 Å². The number of esters is 1. The lowest BCUT2D eigenvalue weighted by Gasteiger charge is -2.13. The Morgan fingerprint density at radius 3 is 2.73 bits per heavy atom. The predicted octanol–water partition coefficient (Wildman–Crippen LogP) is 1.86. The number of ether oxygens (including phenoxy) is 1. The van der Waals surface area contributed by atoms with E-state index in [9.17, 15) is 18.8 Å². The maximum atomic E-state index is 13.5. The maximum absolute atomic E-state index is 13.5. The van der Waals surface area contributed by atoms with Crippen molar-refractivity contribution in [2.75, 3.05) is 12.0 Å². The topological polar surface area (TPSA) is 89.4 Å². The van der Waals surface area contributed by atoms with Crippen molar-refractivity contribution in [3.8, 4) is 0 Å². The van der Waals surface area contributed by atoms with E-state index in [0.29, 0.717) is 6.42 Å². The molecule has 0 radical (unpaired) electrons. The van der Waals surface area contributed by atoms with E-state index in [1.165, 1.54) is 29.0 Å². The first-order valence-electron chi connectivity index (χ1n) is 7.93. The van der Waals surface area contributed by atoms with Gasteiger partial charge in [0.2, 0.25) is 0 Å². The summed E-state index contributed by atoms with van der Waals surface area (Å²) < 4.78 is 20.0. The summed E-state index contributed by atoms with van der Waals surface area (Å²) >= 11 is 0. The molecule has 1 aliphatic heterocycles. The van der Waals surface area contributed by atoms with E-state index in [1.54, 1.807) is 12.2 Å². The molecule has 3 rings (SSSR count). The number of allylic oxidation sites excluding steroid dienone is 1. The normalized spacial score (nSPS) is 16.2. The summed E-state index contributed by atoms with van der Waals surface area (Å²) in [6.07, 6.45) is 5.41. The molecule has 0 fully saturated rings. The van der Waals surface area contributed by atoms with Crippen molar-refractivity contribution in [1.82, 2.24) is 9.99 Å². The summed E-state index contributed by atoms with van der Waals surface area (Å²) in [5.41, 5.74) is 5.08. The third-order valence-corrected chi connectivity index (χ3v) is 3.74. The van der Waals surface area contributed by atoms with Crippen molar-refractivity contribution in [1.29, 1.82) is 0 Å². The molecule has 0 atom stereocenters. The van der Waals surface area contributed by atoms with Crippen molar-refractivity contribution in [3.63, 3.8) is 0 Å². The van der Waals surface area contributed by atoms with Crippen molar-refractivity contribution in [2.24, 2.45) is 0 Å². The summed E-state index contributed by atoms with van der Waals surface area (Å²) in [4.78, 5) is 36.3. The van der Waals surface area contributed by atoms with Gasteiger partial charge in [-0.2, -0.15) is 0 Å². The summed E-state index contributed by atoms with van der Waals surface area (Å²) in [6, 6.07) is 6.17. The van der Waals surface area contributed by atoms with E-state index < -0.39 is 17.7 Å². The largest absolute Gasteiger partial charge is 0.462 e. The summed E-state index contributed by atoms with van der Waals surface area (Å²) in [7, 11) is 0. The van der Waals surface area contributed by atoms with Crippen molar-refractivity contribution in [2.45, 2.75) is 13.0 Å². The molecule has 2 bridgehead atoms. The van der Waals surface area contributed by atoms with Gasteiger partial charge in [-0.25, -0.2) is 9.18 Å². The van der Waals surface area contributed by atoms with Crippen molar-refractivity contribution < 1.29 is 18.7 Å². The van der Waals surface area contributed by atoms with Gasteiger partial charge in [0.05, 0.1) is 23.4 Å². The van der Waals surface area contributed by atoms with E-state index in [1.807, 2.05) is 0 Å². The number of nitrogens with one attached hydrogen (secondary N) is 2. The van der Waals surface area contributed by atoms with Crippen LogP contribution in [0.4, 0.5) is 10.1 Å². The quantitative estimate of drug-likeness (QED) is 0.555. The zero-order valence-corrected chi connectivity index (χ0v) is 13.7. The second kappa shape index (κ2) is 7.64. The highest BCUT2D eigenvalue weighted by Gasteiger charge is 2.15. The predicted molar refractivity (Wildman–Crippen MR) is 92.2 cm³/mol. The van der Waals surface area contributed by atoms with E-state index in [2.05, 4.69) is 10.9 Å². The zero-order valence-electron chi connectivity index (χ0n) is 13.7. The summed E-state index contributed by atoms with van der Waals surface area (Å²) in [5.74, 6) is -1.75. The molecule has 1 amide bonds. The number of benzene rings is 1. The fraction of sp³-hybridized carbons (Fsp3) is 0.167. The van der Waals surface area contributed by atoms with Crippen molar-refractivity contribution in [3.05, 3.63) is 76.0 Å². The molecule has 134 valence electrons. The molecule has 0 unspecified atom stereocenters.